The summed E-state index contributed by atoms with van der Waals surface area (Å²) in [6.07, 6.45) is 17.7. The molecule has 7 heteroatoms. The van der Waals surface area contributed by atoms with Gasteiger partial charge in [0.15, 0.2) is 17.7 Å². The second kappa shape index (κ2) is 21.8. The Hall–Kier alpha value is -2.96. The van der Waals surface area contributed by atoms with E-state index in [1.807, 2.05) is 19.1 Å². The third kappa shape index (κ3) is 14.2. The summed E-state index contributed by atoms with van der Waals surface area (Å²) in [5.41, 5.74) is 1.27. The zero-order valence-corrected chi connectivity index (χ0v) is 28.2. The van der Waals surface area contributed by atoms with Crippen LogP contribution in [-0.4, -0.2) is 30.8 Å². The number of unbranched alkanes of at least 4 members (excludes halogenated alkanes) is 10. The van der Waals surface area contributed by atoms with Gasteiger partial charge in [0.05, 0.1) is 12.2 Å². The van der Waals surface area contributed by atoms with Gasteiger partial charge in [0, 0.05) is 0 Å². The molecule has 0 heterocycles. The van der Waals surface area contributed by atoms with E-state index < -0.39 is 23.9 Å². The maximum atomic E-state index is 14.6. The molecule has 1 saturated carbocycles. The largest absolute Gasteiger partial charge is 0.491 e. The second-order valence-corrected chi connectivity index (χ2v) is 12.9. The molecular formula is C39H56F2O5. The van der Waals surface area contributed by atoms with Gasteiger partial charge in [0.25, 0.3) is 0 Å². The number of hydrogen-bond donors (Lipinski definition) is 0. The number of aryl methyl sites for hydroxylation is 1. The fraction of sp³-hybridized carbons (Fsp3) is 0.641. The Balaban J connectivity index is 1.30. The summed E-state index contributed by atoms with van der Waals surface area (Å²) in [6, 6.07) is 11.6. The fourth-order valence-corrected chi connectivity index (χ4v) is 6.06. The van der Waals surface area contributed by atoms with Gasteiger partial charge in [-0.15, -0.1) is 0 Å². The smallest absolute Gasteiger partial charge is 0.343 e. The molecule has 0 bridgehead atoms. The van der Waals surface area contributed by atoms with Gasteiger partial charge in [-0.3, -0.25) is 0 Å². The van der Waals surface area contributed by atoms with Crippen LogP contribution in [0, 0.1) is 11.7 Å². The number of hydrogen-bond acceptors (Lipinski definition) is 5. The van der Waals surface area contributed by atoms with Crippen LogP contribution in [0.5, 0.6) is 11.5 Å². The van der Waals surface area contributed by atoms with Gasteiger partial charge in [0.2, 0.25) is 0 Å². The third-order valence-electron chi connectivity index (χ3n) is 9.04. The fourth-order valence-electron chi connectivity index (χ4n) is 6.06. The molecule has 0 spiro atoms. The maximum absolute atomic E-state index is 14.6. The first-order valence-corrected chi connectivity index (χ1v) is 18.0. The van der Waals surface area contributed by atoms with Crippen LogP contribution in [0.2, 0.25) is 0 Å². The van der Waals surface area contributed by atoms with Crippen LogP contribution in [0.1, 0.15) is 145 Å². The van der Waals surface area contributed by atoms with E-state index in [4.69, 9.17) is 14.2 Å². The number of ether oxygens (including phenoxy) is 3. The summed E-state index contributed by atoms with van der Waals surface area (Å²) < 4.78 is 45.1. The first kappa shape index (κ1) is 37.5. The number of esters is 2. The Morgan fingerprint density at radius 3 is 2.07 bits per heavy atom. The van der Waals surface area contributed by atoms with E-state index in [-0.39, 0.29) is 23.8 Å². The van der Waals surface area contributed by atoms with Crippen LogP contribution in [0.4, 0.5) is 8.78 Å². The molecule has 0 radical (unpaired) electrons. The second-order valence-electron chi connectivity index (χ2n) is 12.9. The van der Waals surface area contributed by atoms with Crippen molar-refractivity contribution in [2.45, 2.75) is 148 Å². The van der Waals surface area contributed by atoms with E-state index in [1.165, 1.54) is 69.6 Å². The highest BCUT2D eigenvalue weighted by molar-refractivity contribution is 5.91. The lowest BCUT2D eigenvalue weighted by Gasteiger charge is -2.28. The SMILES string of the molecule is CCCCCCCCCCCCOc1ccc(C(=O)Oc2ccc(CCC3CCC(OC(=O)[C@@H](F)CCCC)CC3)cc2)cc1F. The third-order valence-corrected chi connectivity index (χ3v) is 9.04. The van der Waals surface area contributed by atoms with Gasteiger partial charge in [0.1, 0.15) is 11.9 Å². The van der Waals surface area contributed by atoms with Gasteiger partial charge in [-0.25, -0.2) is 18.4 Å². The molecule has 0 N–H and O–H groups in total. The van der Waals surface area contributed by atoms with Gasteiger partial charge < -0.3 is 14.2 Å². The van der Waals surface area contributed by atoms with Crippen molar-refractivity contribution >= 4 is 11.9 Å². The highest BCUT2D eigenvalue weighted by atomic mass is 19.1. The van der Waals surface area contributed by atoms with E-state index in [0.29, 0.717) is 24.7 Å². The van der Waals surface area contributed by atoms with Crippen molar-refractivity contribution in [1.82, 2.24) is 0 Å². The molecule has 3 rings (SSSR count). The molecule has 1 atom stereocenters. The van der Waals surface area contributed by atoms with E-state index in [2.05, 4.69) is 6.92 Å². The Kier molecular flexibility index (Phi) is 17.7. The van der Waals surface area contributed by atoms with E-state index in [0.717, 1.165) is 63.4 Å². The molecule has 0 unspecified atom stereocenters. The van der Waals surface area contributed by atoms with Crippen molar-refractivity contribution < 1.29 is 32.6 Å². The number of rotatable bonds is 22. The molecule has 2 aromatic rings. The Morgan fingerprint density at radius 1 is 0.804 bits per heavy atom. The monoisotopic (exact) mass is 642 g/mol. The summed E-state index contributed by atoms with van der Waals surface area (Å²) in [5, 5.41) is 0. The number of alkyl halides is 1. The summed E-state index contributed by atoms with van der Waals surface area (Å²) in [7, 11) is 0. The molecule has 46 heavy (non-hydrogen) atoms. The minimum Gasteiger partial charge on any atom is -0.491 e. The molecule has 256 valence electrons. The molecule has 1 aliphatic carbocycles. The molecule has 2 aromatic carbocycles. The average molecular weight is 643 g/mol. The van der Waals surface area contributed by atoms with Crippen molar-refractivity contribution in [2.75, 3.05) is 6.61 Å². The van der Waals surface area contributed by atoms with Crippen LogP contribution in [0.3, 0.4) is 0 Å². The lowest BCUT2D eigenvalue weighted by atomic mass is 9.83. The van der Waals surface area contributed by atoms with Crippen LogP contribution < -0.4 is 9.47 Å². The number of carbonyl (C=O) groups is 2. The topological polar surface area (TPSA) is 61.8 Å². The molecule has 5 nitrogen and oxygen atoms in total. The van der Waals surface area contributed by atoms with Crippen LogP contribution in [0.15, 0.2) is 42.5 Å². The predicted octanol–water partition coefficient (Wildman–Crippen LogP) is 10.9. The molecule has 0 saturated heterocycles. The first-order valence-electron chi connectivity index (χ1n) is 18.0. The van der Waals surface area contributed by atoms with E-state index >= 15 is 0 Å². The molecule has 1 fully saturated rings. The van der Waals surface area contributed by atoms with Crippen LogP contribution in [-0.2, 0) is 16.0 Å². The maximum Gasteiger partial charge on any atom is 0.343 e. The lowest BCUT2D eigenvalue weighted by molar-refractivity contribution is -0.157. The van der Waals surface area contributed by atoms with Gasteiger partial charge in [-0.2, -0.15) is 0 Å². The van der Waals surface area contributed by atoms with Crippen molar-refractivity contribution in [1.29, 1.82) is 0 Å². The molecule has 1 aliphatic rings. The highest BCUT2D eigenvalue weighted by Gasteiger charge is 2.27. The van der Waals surface area contributed by atoms with Gasteiger partial charge in [-0.1, -0.05) is 96.6 Å². The van der Waals surface area contributed by atoms with Crippen LogP contribution >= 0.6 is 0 Å². The molecule has 0 aliphatic heterocycles. The van der Waals surface area contributed by atoms with E-state index in [1.54, 1.807) is 12.1 Å². The standard InChI is InChI=1S/C39H56F2O5/c1-3-5-7-8-9-10-11-12-13-14-28-44-37-27-22-32(29-36(37)41)38(42)45-33-23-18-30(19-24-33)16-17-31-20-25-34(26-21-31)46-39(43)35(40)15-6-4-2/h18-19,22-24,27,29,31,34-35H,3-17,20-21,25-26,28H2,1-2H3/t31?,34?,35-/m0/s1. The minimum absolute atomic E-state index is 0.136. The molecular weight excluding hydrogens is 586 g/mol. The van der Waals surface area contributed by atoms with Crippen molar-refractivity contribution in [3.05, 3.63) is 59.4 Å². The quantitative estimate of drug-likeness (QED) is 0.0726. The first-order chi connectivity index (χ1) is 22.4. The van der Waals surface area contributed by atoms with Crippen LogP contribution in [0.25, 0.3) is 0 Å². The summed E-state index contributed by atoms with van der Waals surface area (Å²) in [6.45, 7) is 4.67. The average Bonchev–Trinajstić information content (AvgIpc) is 3.07. The summed E-state index contributed by atoms with van der Waals surface area (Å²) in [5.74, 6) is -0.795. The zero-order valence-electron chi connectivity index (χ0n) is 28.2. The van der Waals surface area contributed by atoms with Crippen molar-refractivity contribution in [3.8, 4) is 11.5 Å². The molecule has 0 amide bonds. The number of benzene rings is 2. The predicted molar refractivity (Wildman–Crippen MR) is 180 cm³/mol. The van der Waals surface area contributed by atoms with Gasteiger partial charge >= 0.3 is 11.9 Å². The highest BCUT2D eigenvalue weighted by Crippen LogP contribution is 2.30. The van der Waals surface area contributed by atoms with E-state index in [9.17, 15) is 18.4 Å². The van der Waals surface area contributed by atoms with Crippen molar-refractivity contribution in [2.24, 2.45) is 5.92 Å². The summed E-state index contributed by atoms with van der Waals surface area (Å²) >= 11 is 0. The Labute approximate surface area is 275 Å². The number of carbonyl (C=O) groups excluding carboxylic acids is 2. The Bertz CT molecular complexity index is 1140. The van der Waals surface area contributed by atoms with Gasteiger partial charge in [-0.05, 0) is 93.2 Å². The number of halogens is 2. The van der Waals surface area contributed by atoms with Crippen molar-refractivity contribution in [3.63, 3.8) is 0 Å². The minimum atomic E-state index is -1.51. The molecule has 0 aromatic heterocycles. The Morgan fingerprint density at radius 2 is 1.43 bits per heavy atom. The lowest BCUT2D eigenvalue weighted by Crippen LogP contribution is -2.29. The summed E-state index contributed by atoms with van der Waals surface area (Å²) in [4.78, 5) is 24.6. The normalized spacial score (nSPS) is 17.0. The zero-order chi connectivity index (χ0) is 33.0.